The number of hydrogen-bond donors (Lipinski definition) is 2. The number of carbonyl (C=O) groups is 1. The van der Waals surface area contributed by atoms with Crippen LogP contribution in [0.2, 0.25) is 0 Å². The van der Waals surface area contributed by atoms with Crippen molar-refractivity contribution in [3.8, 4) is 16.9 Å². The van der Waals surface area contributed by atoms with Gasteiger partial charge in [0.2, 0.25) is 0 Å². The minimum Gasteiger partial charge on any atom is -0.406 e. The Labute approximate surface area is 239 Å². The largest absolute Gasteiger partial charge is 0.573 e. The second-order valence-electron chi connectivity index (χ2n) is 10.8. The summed E-state index contributed by atoms with van der Waals surface area (Å²) in [6.07, 6.45) is -3.34. The molecule has 216 valence electrons. The average Bonchev–Trinajstić information content (AvgIpc) is 3.81. The molecule has 1 amide bonds. The zero-order valence-corrected chi connectivity index (χ0v) is 22.5. The summed E-state index contributed by atoms with van der Waals surface area (Å²) in [6.45, 7) is 0.387. The fourth-order valence-corrected chi connectivity index (χ4v) is 5.63. The smallest absolute Gasteiger partial charge is 0.406 e. The predicted molar refractivity (Wildman–Crippen MR) is 149 cm³/mol. The van der Waals surface area contributed by atoms with Crippen molar-refractivity contribution in [2.24, 2.45) is 0 Å². The molecule has 2 heterocycles. The molecule has 7 nitrogen and oxygen atoms in total. The van der Waals surface area contributed by atoms with Crippen LogP contribution in [-0.4, -0.2) is 38.8 Å². The molecule has 3 aromatic carbocycles. The van der Waals surface area contributed by atoms with Gasteiger partial charge >= 0.3 is 6.36 Å². The number of aryl methyl sites for hydroxylation is 1. The third-order valence-electron chi connectivity index (χ3n) is 7.99. The first-order valence-corrected chi connectivity index (χ1v) is 13.7. The van der Waals surface area contributed by atoms with Gasteiger partial charge in [0.15, 0.2) is 6.10 Å². The third kappa shape index (κ3) is 5.54. The summed E-state index contributed by atoms with van der Waals surface area (Å²) < 4.78 is 41.4. The van der Waals surface area contributed by atoms with Crippen LogP contribution in [0.1, 0.15) is 53.6 Å². The standard InChI is InChI=1S/C32H28F3N3O4/c33-32(34,35)42-24-13-11-20(12-14-24)21-6-4-7-22(18-21)27(39)29(41)38-17-5-10-26-25(19-38)28(40)37-30(36-26)31(15-16-31)23-8-2-1-3-9-23/h1-4,6-9,11-14,18,27,39H,5,10,15-17,19H2,(H,36,37,40). The van der Waals surface area contributed by atoms with Crippen molar-refractivity contribution in [3.63, 3.8) is 0 Å². The number of nitrogens with zero attached hydrogens (tertiary/aromatic N) is 2. The molecule has 0 saturated heterocycles. The number of ether oxygens (including phenoxy) is 1. The van der Waals surface area contributed by atoms with E-state index in [2.05, 4.69) is 9.72 Å². The number of aliphatic hydroxyl groups excluding tert-OH is 1. The van der Waals surface area contributed by atoms with E-state index < -0.39 is 18.4 Å². The van der Waals surface area contributed by atoms with Crippen molar-refractivity contribution in [3.05, 3.63) is 117 Å². The van der Waals surface area contributed by atoms with Crippen molar-refractivity contribution in [1.29, 1.82) is 0 Å². The molecule has 1 saturated carbocycles. The van der Waals surface area contributed by atoms with E-state index in [-0.39, 0.29) is 23.3 Å². The lowest BCUT2D eigenvalue weighted by Gasteiger charge is -2.24. The Bertz CT molecular complexity index is 1670. The maximum absolute atomic E-state index is 13.4. The number of benzene rings is 3. The number of aromatic amines is 1. The summed E-state index contributed by atoms with van der Waals surface area (Å²) in [5, 5.41) is 11.0. The number of carbonyl (C=O) groups excluding carboxylic acids is 1. The van der Waals surface area contributed by atoms with Crippen LogP contribution in [0.3, 0.4) is 0 Å². The molecule has 1 unspecified atom stereocenters. The normalized spacial score (nSPS) is 16.7. The average molecular weight is 576 g/mol. The van der Waals surface area contributed by atoms with Gasteiger partial charge in [-0.3, -0.25) is 9.59 Å². The highest BCUT2D eigenvalue weighted by atomic mass is 19.4. The number of nitrogens with one attached hydrogen (secondary N) is 1. The van der Waals surface area contributed by atoms with Crippen LogP contribution >= 0.6 is 0 Å². The first-order valence-electron chi connectivity index (χ1n) is 13.7. The highest BCUT2D eigenvalue weighted by molar-refractivity contribution is 5.83. The molecule has 1 aromatic heterocycles. The maximum Gasteiger partial charge on any atom is 0.573 e. The Balaban J connectivity index is 1.20. The SMILES string of the molecule is O=C(C(O)c1cccc(-c2ccc(OC(F)(F)F)cc2)c1)N1CCCc2nc(C3(c4ccccc4)CC3)[nH]c(=O)c2C1. The molecule has 42 heavy (non-hydrogen) atoms. The molecular formula is C32H28F3N3O4. The predicted octanol–water partition coefficient (Wildman–Crippen LogP) is 5.42. The van der Waals surface area contributed by atoms with Crippen LogP contribution in [0, 0.1) is 0 Å². The van der Waals surface area contributed by atoms with Crippen molar-refractivity contribution in [2.45, 2.75) is 50.1 Å². The van der Waals surface area contributed by atoms with Gasteiger partial charge in [0.1, 0.15) is 11.6 Å². The summed E-state index contributed by atoms with van der Waals surface area (Å²) in [4.78, 5) is 36.1. The number of aliphatic hydroxyl groups is 1. The van der Waals surface area contributed by atoms with E-state index in [0.717, 1.165) is 18.4 Å². The molecule has 1 aliphatic heterocycles. The van der Waals surface area contributed by atoms with E-state index in [1.165, 1.54) is 29.2 Å². The summed E-state index contributed by atoms with van der Waals surface area (Å²) in [5.74, 6) is -0.226. The Morgan fingerprint density at radius 1 is 1.00 bits per heavy atom. The minimum atomic E-state index is -4.79. The van der Waals surface area contributed by atoms with Gasteiger partial charge in [-0.25, -0.2) is 4.98 Å². The van der Waals surface area contributed by atoms with Gasteiger partial charge in [-0.1, -0.05) is 60.7 Å². The first-order chi connectivity index (χ1) is 20.1. The van der Waals surface area contributed by atoms with Crippen molar-refractivity contribution in [1.82, 2.24) is 14.9 Å². The van der Waals surface area contributed by atoms with Gasteiger partial charge in [-0.2, -0.15) is 0 Å². The topological polar surface area (TPSA) is 95.5 Å². The Morgan fingerprint density at radius 2 is 1.74 bits per heavy atom. The second-order valence-corrected chi connectivity index (χ2v) is 10.8. The van der Waals surface area contributed by atoms with Crippen molar-refractivity contribution in [2.75, 3.05) is 6.54 Å². The molecule has 0 radical (unpaired) electrons. The Kier molecular flexibility index (Phi) is 7.10. The van der Waals surface area contributed by atoms with Crippen LogP contribution in [0.5, 0.6) is 5.75 Å². The van der Waals surface area contributed by atoms with E-state index >= 15 is 0 Å². The zero-order chi connectivity index (χ0) is 29.5. The summed E-state index contributed by atoms with van der Waals surface area (Å²) >= 11 is 0. The fraction of sp³-hybridized carbons (Fsp3) is 0.281. The number of fused-ring (bicyclic) bond motifs is 1. The quantitative estimate of drug-likeness (QED) is 0.320. The molecule has 0 bridgehead atoms. The number of amides is 1. The van der Waals surface area contributed by atoms with Gasteiger partial charge in [-0.05, 0) is 66.1 Å². The lowest BCUT2D eigenvalue weighted by Crippen LogP contribution is -2.36. The van der Waals surface area contributed by atoms with Gasteiger partial charge in [-0.15, -0.1) is 13.2 Å². The number of hydrogen-bond acceptors (Lipinski definition) is 5. The lowest BCUT2D eigenvalue weighted by molar-refractivity contribution is -0.274. The number of halogens is 3. The summed E-state index contributed by atoms with van der Waals surface area (Å²) in [5.41, 5.74) is 3.20. The van der Waals surface area contributed by atoms with E-state index in [9.17, 15) is 27.9 Å². The number of H-pyrrole nitrogens is 1. The summed E-state index contributed by atoms with van der Waals surface area (Å²) in [6, 6.07) is 22.0. The molecule has 1 atom stereocenters. The van der Waals surface area contributed by atoms with E-state index in [0.29, 0.717) is 53.2 Å². The molecule has 1 aliphatic carbocycles. The van der Waals surface area contributed by atoms with E-state index in [1.807, 2.05) is 30.3 Å². The van der Waals surface area contributed by atoms with Crippen LogP contribution in [0.25, 0.3) is 11.1 Å². The molecule has 2 N–H and O–H groups in total. The number of rotatable bonds is 6. The minimum absolute atomic E-state index is 0.0343. The van der Waals surface area contributed by atoms with Crippen LogP contribution in [-0.2, 0) is 23.2 Å². The van der Waals surface area contributed by atoms with E-state index in [4.69, 9.17) is 4.98 Å². The van der Waals surface area contributed by atoms with Gasteiger partial charge in [0, 0.05) is 6.54 Å². The van der Waals surface area contributed by atoms with E-state index in [1.54, 1.807) is 24.3 Å². The van der Waals surface area contributed by atoms with Crippen molar-refractivity contribution < 1.29 is 27.8 Å². The number of alkyl halides is 3. The Morgan fingerprint density at radius 3 is 2.43 bits per heavy atom. The first kappa shape index (κ1) is 27.7. The highest BCUT2D eigenvalue weighted by Crippen LogP contribution is 2.52. The monoisotopic (exact) mass is 575 g/mol. The fourth-order valence-electron chi connectivity index (χ4n) is 5.63. The molecule has 2 aliphatic rings. The van der Waals surface area contributed by atoms with Gasteiger partial charge in [0.05, 0.1) is 23.2 Å². The zero-order valence-electron chi connectivity index (χ0n) is 22.5. The van der Waals surface area contributed by atoms with Gasteiger partial charge < -0.3 is 19.7 Å². The molecule has 6 rings (SSSR count). The highest BCUT2D eigenvalue weighted by Gasteiger charge is 2.48. The maximum atomic E-state index is 13.4. The number of aromatic nitrogens is 2. The third-order valence-corrected chi connectivity index (χ3v) is 7.99. The van der Waals surface area contributed by atoms with Crippen molar-refractivity contribution >= 4 is 5.91 Å². The second kappa shape index (κ2) is 10.8. The van der Waals surface area contributed by atoms with Crippen LogP contribution in [0.4, 0.5) is 13.2 Å². The molecule has 10 heteroatoms. The Hall–Kier alpha value is -4.44. The molecular weight excluding hydrogens is 547 g/mol. The molecule has 1 fully saturated rings. The van der Waals surface area contributed by atoms with Crippen LogP contribution in [0.15, 0.2) is 83.7 Å². The molecule has 4 aromatic rings. The van der Waals surface area contributed by atoms with Gasteiger partial charge in [0.25, 0.3) is 11.5 Å². The lowest BCUT2D eigenvalue weighted by atomic mass is 9.94. The molecule has 0 spiro atoms. The van der Waals surface area contributed by atoms with Crippen LogP contribution < -0.4 is 10.3 Å². The summed E-state index contributed by atoms with van der Waals surface area (Å²) in [7, 11) is 0.